The molecule has 13 heteroatoms. The van der Waals surface area contributed by atoms with Crippen molar-refractivity contribution in [3.05, 3.63) is 190 Å². The van der Waals surface area contributed by atoms with E-state index < -0.39 is 0 Å². The fourth-order valence-electron chi connectivity index (χ4n) is 9.16. The molecular weight excluding hydrogens is 920 g/mol. The molecule has 0 saturated carbocycles. The molecule has 2 fully saturated rings. The summed E-state index contributed by atoms with van der Waals surface area (Å²) in [4.78, 5) is 68.5. The molecule has 2 aliphatic heterocycles. The Morgan fingerprint density at radius 2 is 1.06 bits per heavy atom. The van der Waals surface area contributed by atoms with Gasteiger partial charge in [-0.3, -0.25) is 19.2 Å². The lowest BCUT2D eigenvalue weighted by Crippen LogP contribution is -2.50. The average molecular weight is 990 g/mol. The molecule has 8 rings (SSSR count). The van der Waals surface area contributed by atoms with Gasteiger partial charge in [0.1, 0.15) is 11.6 Å². The van der Waals surface area contributed by atoms with Crippen LogP contribution in [0.15, 0.2) is 152 Å². The number of carbonyl (C=O) groups excluding carboxylic acids is 4. The molecule has 3 unspecified atom stereocenters. The maximum absolute atomic E-state index is 13.2. The lowest BCUT2D eigenvalue weighted by molar-refractivity contribution is -0.133. The highest BCUT2D eigenvalue weighted by Gasteiger charge is 2.29. The zero-order valence-corrected chi connectivity index (χ0v) is 42.7. The number of aromatic nitrogens is 2. The second-order valence-electron chi connectivity index (χ2n) is 18.7. The maximum atomic E-state index is 13.2. The number of carbonyl (C=O) groups is 4. The van der Waals surface area contributed by atoms with E-state index in [1.165, 1.54) is 11.1 Å². The predicted octanol–water partition coefficient (Wildman–Crippen LogP) is 9.62. The number of halogens is 1. The van der Waals surface area contributed by atoms with Crippen LogP contribution in [-0.2, 0) is 22.4 Å². The smallest absolute Gasteiger partial charge is 0.253 e. The minimum Gasteiger partial charge on any atom is -0.353 e. The number of pyridine rings is 2. The fraction of sp³-hybridized carbons (Fsp3) is 0.356. The van der Waals surface area contributed by atoms with Crippen molar-refractivity contribution in [1.29, 1.82) is 0 Å². The van der Waals surface area contributed by atoms with E-state index in [0.29, 0.717) is 62.0 Å². The van der Waals surface area contributed by atoms with Crippen LogP contribution in [0, 0.1) is 0 Å². The quantitative estimate of drug-likeness (QED) is 0.0815. The molecule has 3 atom stereocenters. The second-order valence-corrected chi connectivity index (χ2v) is 19.1. The molecule has 6 aromatic rings. The van der Waals surface area contributed by atoms with Crippen LogP contribution < -0.4 is 20.4 Å². The number of anilines is 2. The zero-order chi connectivity index (χ0) is 50.7. The topological polar surface area (TPSA) is 131 Å². The molecule has 72 heavy (non-hydrogen) atoms. The van der Waals surface area contributed by atoms with Gasteiger partial charge in [0.05, 0.1) is 23.0 Å². The van der Waals surface area contributed by atoms with Crippen molar-refractivity contribution in [3.63, 3.8) is 0 Å². The Bertz CT molecular complexity index is 2610. The van der Waals surface area contributed by atoms with E-state index in [0.717, 1.165) is 74.4 Å². The van der Waals surface area contributed by atoms with Crippen LogP contribution in [-0.4, -0.2) is 108 Å². The summed E-state index contributed by atoms with van der Waals surface area (Å²) >= 11 is 5.97. The number of rotatable bonds is 18. The molecule has 376 valence electrons. The van der Waals surface area contributed by atoms with Crippen LogP contribution in [0.4, 0.5) is 11.6 Å². The number of nitrogens with one attached hydrogen (secondary N) is 2. The summed E-state index contributed by atoms with van der Waals surface area (Å²) in [6, 6.07) is 45.7. The number of aryl methyl sites for hydroxylation is 2. The van der Waals surface area contributed by atoms with Gasteiger partial charge < -0.3 is 30.2 Å². The van der Waals surface area contributed by atoms with Crippen molar-refractivity contribution >= 4 is 46.9 Å². The maximum Gasteiger partial charge on any atom is 0.253 e. The van der Waals surface area contributed by atoms with Crippen molar-refractivity contribution in [3.8, 4) is 0 Å². The first-order valence-corrected chi connectivity index (χ1v) is 25.9. The first kappa shape index (κ1) is 52.8. The molecule has 0 aliphatic carbocycles. The largest absolute Gasteiger partial charge is 0.353 e. The van der Waals surface area contributed by atoms with Crippen LogP contribution >= 0.6 is 11.6 Å². The minimum absolute atomic E-state index is 0.0748. The van der Waals surface area contributed by atoms with Gasteiger partial charge >= 0.3 is 0 Å². The van der Waals surface area contributed by atoms with Crippen LogP contribution in [0.1, 0.15) is 101 Å². The number of hydrogen-bond donors (Lipinski definition) is 2. The Morgan fingerprint density at radius 3 is 1.57 bits per heavy atom. The van der Waals surface area contributed by atoms with Crippen LogP contribution in [0.2, 0.25) is 5.02 Å². The van der Waals surface area contributed by atoms with Crippen molar-refractivity contribution in [2.75, 3.05) is 68.7 Å². The standard InChI is InChI=1S/C30H36N4O2.C29H33ClN4O2/c1-3-27(25-12-8-5-9-13-25)30(36)34-20-18-33(19-21-34)28-17-16-26(22-31-28)29(35)32-23(2)14-15-24-10-6-4-7-11-24;1-22(24-10-13-26(30)14-11-24)29(36)34-19-17-33(18-20-34)27-15-12-25(21-32-27)28(35)31-16-6-5-9-23-7-3-2-4-8-23/h4-13,16-17,22-23,27H,3,14-15,18-21H2,1-2H3,(H,32,35);2-4,7-8,10-15,21-22H,5-6,9,16-20H2,1H3,(H,31,35). The van der Waals surface area contributed by atoms with Gasteiger partial charge in [-0.1, -0.05) is 122 Å². The predicted molar refractivity (Wildman–Crippen MR) is 289 cm³/mol. The van der Waals surface area contributed by atoms with E-state index in [1.54, 1.807) is 12.4 Å². The van der Waals surface area contributed by atoms with Crippen LogP contribution in [0.5, 0.6) is 0 Å². The molecule has 4 heterocycles. The van der Waals surface area contributed by atoms with E-state index in [9.17, 15) is 19.2 Å². The SMILES string of the molecule is CC(C(=O)N1CCN(c2ccc(C(=O)NCCCCc3ccccc3)cn2)CC1)c1ccc(Cl)cc1.CCC(C(=O)N1CCN(c2ccc(C(=O)NC(C)CCc3ccccc3)cn2)CC1)c1ccccc1. The Hall–Kier alpha value is -7.05. The summed E-state index contributed by atoms with van der Waals surface area (Å²) in [6.07, 6.45) is 8.88. The van der Waals surface area contributed by atoms with Crippen molar-refractivity contribution in [2.45, 2.75) is 77.2 Å². The third kappa shape index (κ3) is 15.2. The number of amides is 4. The van der Waals surface area contributed by atoms with Gasteiger partial charge in [-0.05, 0) is 111 Å². The van der Waals surface area contributed by atoms with E-state index in [2.05, 4.69) is 73.7 Å². The van der Waals surface area contributed by atoms with Gasteiger partial charge in [-0.2, -0.15) is 0 Å². The van der Waals surface area contributed by atoms with Crippen molar-refractivity contribution < 1.29 is 19.2 Å². The van der Waals surface area contributed by atoms with E-state index in [4.69, 9.17) is 11.6 Å². The summed E-state index contributed by atoms with van der Waals surface area (Å²) < 4.78 is 0. The summed E-state index contributed by atoms with van der Waals surface area (Å²) in [5.41, 5.74) is 5.78. The van der Waals surface area contributed by atoms with Gasteiger partial charge in [-0.25, -0.2) is 9.97 Å². The molecule has 0 radical (unpaired) electrons. The second kappa shape index (κ2) is 27.0. The Kier molecular flexibility index (Phi) is 19.8. The van der Waals surface area contributed by atoms with Gasteiger partial charge in [0, 0.05) is 82.4 Å². The monoisotopic (exact) mass is 989 g/mol. The van der Waals surface area contributed by atoms with Crippen molar-refractivity contribution in [1.82, 2.24) is 30.4 Å². The Morgan fingerprint density at radius 1 is 0.556 bits per heavy atom. The summed E-state index contributed by atoms with van der Waals surface area (Å²) in [5, 5.41) is 6.73. The number of hydrogen-bond acceptors (Lipinski definition) is 8. The van der Waals surface area contributed by atoms with E-state index in [1.807, 2.05) is 127 Å². The molecule has 0 bridgehead atoms. The molecular formula is C59H69ClN8O4. The molecule has 2 N–H and O–H groups in total. The first-order valence-electron chi connectivity index (χ1n) is 25.5. The number of nitrogens with zero attached hydrogens (tertiary/aromatic N) is 6. The van der Waals surface area contributed by atoms with Crippen LogP contribution in [0.3, 0.4) is 0 Å². The summed E-state index contributed by atoms with van der Waals surface area (Å²) in [7, 11) is 0. The lowest BCUT2D eigenvalue weighted by atomic mass is 9.95. The molecule has 2 saturated heterocycles. The van der Waals surface area contributed by atoms with Gasteiger partial charge in [0.25, 0.3) is 11.8 Å². The summed E-state index contributed by atoms with van der Waals surface area (Å²) in [5.74, 6) is 1.49. The Labute approximate surface area is 430 Å². The molecule has 12 nitrogen and oxygen atoms in total. The molecule has 0 spiro atoms. The van der Waals surface area contributed by atoms with Gasteiger partial charge in [0.15, 0.2) is 0 Å². The Balaban J connectivity index is 0.000000211. The molecule has 4 amide bonds. The fourth-order valence-corrected chi connectivity index (χ4v) is 9.29. The van der Waals surface area contributed by atoms with Gasteiger partial charge in [0.2, 0.25) is 11.8 Å². The average Bonchev–Trinajstić information content (AvgIpc) is 3.43. The zero-order valence-electron chi connectivity index (χ0n) is 42.0. The first-order chi connectivity index (χ1) is 35.1. The minimum atomic E-state index is -0.205. The number of benzene rings is 4. The highest BCUT2D eigenvalue weighted by molar-refractivity contribution is 6.30. The third-order valence-electron chi connectivity index (χ3n) is 13.6. The highest BCUT2D eigenvalue weighted by atomic mass is 35.5. The molecule has 2 aliphatic rings. The molecule has 4 aromatic carbocycles. The van der Waals surface area contributed by atoms with Crippen LogP contribution in [0.25, 0.3) is 0 Å². The number of unbranched alkanes of at least 4 members (excludes halogenated alkanes) is 1. The lowest BCUT2D eigenvalue weighted by Gasteiger charge is -2.37. The normalized spacial score (nSPS) is 14.8. The van der Waals surface area contributed by atoms with E-state index in [-0.39, 0.29) is 41.5 Å². The van der Waals surface area contributed by atoms with E-state index >= 15 is 0 Å². The third-order valence-corrected chi connectivity index (χ3v) is 13.9. The van der Waals surface area contributed by atoms with Crippen molar-refractivity contribution in [2.24, 2.45) is 0 Å². The summed E-state index contributed by atoms with van der Waals surface area (Å²) in [6.45, 7) is 12.2. The highest BCUT2D eigenvalue weighted by Crippen LogP contribution is 2.25. The van der Waals surface area contributed by atoms with Gasteiger partial charge in [-0.15, -0.1) is 0 Å². The number of piperazine rings is 2. The molecule has 2 aromatic heterocycles.